The summed E-state index contributed by atoms with van der Waals surface area (Å²) in [7, 11) is 1.94. The quantitative estimate of drug-likeness (QED) is 0.813. The molecule has 0 bridgehead atoms. The molecule has 0 spiro atoms. The molecule has 0 aliphatic carbocycles. The number of carbonyl (C=O) groups is 1. The van der Waals surface area contributed by atoms with Crippen molar-refractivity contribution in [3.63, 3.8) is 0 Å². The lowest BCUT2D eigenvalue weighted by atomic mass is 9.75. The number of nitrogens with one attached hydrogen (secondary N) is 1. The maximum atomic E-state index is 11.5. The van der Waals surface area contributed by atoms with Gasteiger partial charge >= 0.3 is 5.97 Å². The van der Waals surface area contributed by atoms with E-state index >= 15 is 0 Å². The van der Waals surface area contributed by atoms with Crippen molar-refractivity contribution in [2.24, 2.45) is 12.5 Å². The first kappa shape index (κ1) is 12.1. The van der Waals surface area contributed by atoms with E-state index in [0.717, 1.165) is 25.3 Å². The molecule has 0 unspecified atom stereocenters. The molecule has 1 aliphatic rings. The van der Waals surface area contributed by atoms with Crippen molar-refractivity contribution in [1.82, 2.24) is 14.9 Å². The molecule has 0 atom stereocenters. The van der Waals surface area contributed by atoms with Gasteiger partial charge in [0.25, 0.3) is 0 Å². The van der Waals surface area contributed by atoms with Crippen LogP contribution in [-0.2, 0) is 18.3 Å². The standard InChI is InChI=1S/C12H19N3O2/c1-15-9-8-14-10(15)2-3-12(11(16)17)4-6-13-7-5-12/h8-9,13H,2-7H2,1H3,(H,16,17). The van der Waals surface area contributed by atoms with Crippen LogP contribution in [0.3, 0.4) is 0 Å². The second-order valence-electron chi connectivity index (χ2n) is 4.79. The Morgan fingerprint density at radius 2 is 2.29 bits per heavy atom. The summed E-state index contributed by atoms with van der Waals surface area (Å²) >= 11 is 0. The molecule has 1 aliphatic heterocycles. The molecule has 1 fully saturated rings. The molecule has 0 saturated carbocycles. The van der Waals surface area contributed by atoms with E-state index in [9.17, 15) is 9.90 Å². The Hall–Kier alpha value is -1.36. The number of carboxylic acid groups (broad SMARTS) is 1. The highest BCUT2D eigenvalue weighted by Gasteiger charge is 2.39. The number of piperidine rings is 1. The normalized spacial score (nSPS) is 19.1. The van der Waals surface area contributed by atoms with Gasteiger partial charge in [0.15, 0.2) is 0 Å². The second kappa shape index (κ2) is 4.87. The van der Waals surface area contributed by atoms with Crippen molar-refractivity contribution in [3.8, 4) is 0 Å². The van der Waals surface area contributed by atoms with E-state index in [1.807, 2.05) is 17.8 Å². The van der Waals surface area contributed by atoms with Crippen molar-refractivity contribution in [1.29, 1.82) is 0 Å². The fourth-order valence-corrected chi connectivity index (χ4v) is 2.46. The zero-order valence-corrected chi connectivity index (χ0v) is 10.1. The summed E-state index contributed by atoms with van der Waals surface area (Å²) in [4.78, 5) is 15.7. The Balaban J connectivity index is 2.03. The molecule has 2 rings (SSSR count). The van der Waals surface area contributed by atoms with Crippen LogP contribution in [-0.4, -0.2) is 33.7 Å². The number of rotatable bonds is 4. The van der Waals surface area contributed by atoms with Crippen LogP contribution in [0.2, 0.25) is 0 Å². The fraction of sp³-hybridized carbons (Fsp3) is 0.667. The molecule has 5 heteroatoms. The minimum atomic E-state index is -0.659. The third-order valence-electron chi connectivity index (χ3n) is 3.76. The fourth-order valence-electron chi connectivity index (χ4n) is 2.46. The van der Waals surface area contributed by atoms with Gasteiger partial charge in [-0.15, -0.1) is 0 Å². The van der Waals surface area contributed by atoms with Gasteiger partial charge in [0.2, 0.25) is 0 Å². The number of aromatic nitrogens is 2. The van der Waals surface area contributed by atoms with E-state index in [0.29, 0.717) is 19.3 Å². The van der Waals surface area contributed by atoms with Crippen molar-refractivity contribution in [2.45, 2.75) is 25.7 Å². The number of carboxylic acids is 1. The number of imidazole rings is 1. The molecule has 0 amide bonds. The zero-order chi connectivity index (χ0) is 12.3. The maximum absolute atomic E-state index is 11.5. The first-order valence-corrected chi connectivity index (χ1v) is 6.04. The van der Waals surface area contributed by atoms with Crippen molar-refractivity contribution in [2.75, 3.05) is 13.1 Å². The van der Waals surface area contributed by atoms with Gasteiger partial charge in [-0.2, -0.15) is 0 Å². The SMILES string of the molecule is Cn1ccnc1CCC1(C(=O)O)CCNCC1. The summed E-state index contributed by atoms with van der Waals surface area (Å²) in [6.07, 6.45) is 6.49. The van der Waals surface area contributed by atoms with Gasteiger partial charge in [0, 0.05) is 25.9 Å². The van der Waals surface area contributed by atoms with Crippen molar-refractivity contribution < 1.29 is 9.90 Å². The molecule has 1 aromatic rings. The molecule has 0 radical (unpaired) electrons. The van der Waals surface area contributed by atoms with Crippen LogP contribution in [0.25, 0.3) is 0 Å². The Morgan fingerprint density at radius 3 is 2.82 bits per heavy atom. The molecule has 0 aromatic carbocycles. The largest absolute Gasteiger partial charge is 0.481 e. The van der Waals surface area contributed by atoms with E-state index in [4.69, 9.17) is 0 Å². The average molecular weight is 237 g/mol. The minimum Gasteiger partial charge on any atom is -0.481 e. The molecular weight excluding hydrogens is 218 g/mol. The monoisotopic (exact) mass is 237 g/mol. The topological polar surface area (TPSA) is 67.2 Å². The number of hydrogen-bond acceptors (Lipinski definition) is 3. The van der Waals surface area contributed by atoms with Crippen LogP contribution in [0.4, 0.5) is 0 Å². The lowest BCUT2D eigenvalue weighted by Gasteiger charge is -2.33. The first-order chi connectivity index (χ1) is 8.14. The molecule has 1 aromatic heterocycles. The van der Waals surface area contributed by atoms with Crippen LogP contribution in [0.1, 0.15) is 25.1 Å². The summed E-state index contributed by atoms with van der Waals surface area (Å²) < 4.78 is 1.95. The van der Waals surface area contributed by atoms with E-state index in [1.54, 1.807) is 6.20 Å². The Kier molecular flexibility index (Phi) is 3.47. The molecular formula is C12H19N3O2. The number of aryl methyl sites for hydroxylation is 2. The second-order valence-corrected chi connectivity index (χ2v) is 4.79. The average Bonchev–Trinajstić information content (AvgIpc) is 2.73. The summed E-state index contributed by atoms with van der Waals surface area (Å²) in [6.45, 7) is 1.60. The highest BCUT2D eigenvalue weighted by molar-refractivity contribution is 5.74. The van der Waals surface area contributed by atoms with Crippen LogP contribution >= 0.6 is 0 Å². The van der Waals surface area contributed by atoms with Crippen LogP contribution < -0.4 is 5.32 Å². The van der Waals surface area contributed by atoms with E-state index < -0.39 is 11.4 Å². The maximum Gasteiger partial charge on any atom is 0.309 e. The van der Waals surface area contributed by atoms with Crippen LogP contribution in [0.5, 0.6) is 0 Å². The smallest absolute Gasteiger partial charge is 0.309 e. The summed E-state index contributed by atoms with van der Waals surface area (Å²) in [5.74, 6) is 0.303. The molecule has 2 N–H and O–H groups in total. The molecule has 1 saturated heterocycles. The predicted molar refractivity (Wildman–Crippen MR) is 63.7 cm³/mol. The van der Waals surface area contributed by atoms with E-state index in [2.05, 4.69) is 10.3 Å². The highest BCUT2D eigenvalue weighted by atomic mass is 16.4. The van der Waals surface area contributed by atoms with Gasteiger partial charge in [-0.3, -0.25) is 4.79 Å². The Bertz CT molecular complexity index is 394. The minimum absolute atomic E-state index is 0.558. The molecule has 17 heavy (non-hydrogen) atoms. The Labute approximate surface area is 101 Å². The molecule has 5 nitrogen and oxygen atoms in total. The zero-order valence-electron chi connectivity index (χ0n) is 10.1. The van der Waals surface area contributed by atoms with Gasteiger partial charge in [-0.1, -0.05) is 0 Å². The summed E-state index contributed by atoms with van der Waals surface area (Å²) in [5, 5.41) is 12.6. The number of hydrogen-bond donors (Lipinski definition) is 2. The van der Waals surface area contributed by atoms with Gasteiger partial charge in [-0.25, -0.2) is 4.98 Å². The lowest BCUT2D eigenvalue weighted by Crippen LogP contribution is -2.42. The molecule has 2 heterocycles. The van der Waals surface area contributed by atoms with Gasteiger partial charge < -0.3 is 15.0 Å². The number of nitrogens with zero attached hydrogens (tertiary/aromatic N) is 2. The van der Waals surface area contributed by atoms with Gasteiger partial charge in [0.05, 0.1) is 5.41 Å². The van der Waals surface area contributed by atoms with Gasteiger partial charge in [0.1, 0.15) is 5.82 Å². The van der Waals surface area contributed by atoms with Crippen molar-refractivity contribution >= 4 is 5.97 Å². The van der Waals surface area contributed by atoms with Gasteiger partial charge in [-0.05, 0) is 32.4 Å². The highest BCUT2D eigenvalue weighted by Crippen LogP contribution is 2.34. The third-order valence-corrected chi connectivity index (χ3v) is 3.76. The number of aliphatic carboxylic acids is 1. The Morgan fingerprint density at radius 1 is 1.59 bits per heavy atom. The molecule has 94 valence electrons. The summed E-state index contributed by atoms with van der Waals surface area (Å²) in [6, 6.07) is 0. The predicted octanol–water partition coefficient (Wildman–Crippen LogP) is 0.807. The van der Waals surface area contributed by atoms with Crippen molar-refractivity contribution in [3.05, 3.63) is 18.2 Å². The lowest BCUT2D eigenvalue weighted by molar-refractivity contribution is -0.151. The first-order valence-electron chi connectivity index (χ1n) is 6.04. The third kappa shape index (κ3) is 2.49. The van der Waals surface area contributed by atoms with E-state index in [1.165, 1.54) is 0 Å². The summed E-state index contributed by atoms with van der Waals surface area (Å²) in [5.41, 5.74) is -0.558. The van der Waals surface area contributed by atoms with Crippen LogP contribution in [0.15, 0.2) is 12.4 Å². The van der Waals surface area contributed by atoms with Crippen LogP contribution in [0, 0.1) is 5.41 Å². The van der Waals surface area contributed by atoms with E-state index in [-0.39, 0.29) is 0 Å².